The lowest BCUT2D eigenvalue weighted by molar-refractivity contribution is 0.421. The number of nitrogens with one attached hydrogen (secondary N) is 1. The third-order valence-electron chi connectivity index (χ3n) is 2.50. The van der Waals surface area contributed by atoms with Gasteiger partial charge in [0.15, 0.2) is 0 Å². The van der Waals surface area contributed by atoms with Gasteiger partial charge in [0.1, 0.15) is 11.5 Å². The normalized spacial score (nSPS) is 11.8. The van der Waals surface area contributed by atoms with Crippen LogP contribution in [0.4, 0.5) is 4.39 Å². The average Bonchev–Trinajstić information content (AvgIpc) is 2.77. The number of benzene rings is 1. The quantitative estimate of drug-likeness (QED) is 0.941. The van der Waals surface area contributed by atoms with E-state index in [0.29, 0.717) is 17.3 Å². The Morgan fingerprint density at radius 2 is 2.11 bits per heavy atom. The minimum Gasteiger partial charge on any atom is -0.306 e. The fourth-order valence-electron chi connectivity index (χ4n) is 1.51. The van der Waals surface area contributed by atoms with Crippen LogP contribution in [0, 0.1) is 5.82 Å². The van der Waals surface area contributed by atoms with Crippen LogP contribution in [0.1, 0.15) is 26.5 Å². The first-order valence-electron chi connectivity index (χ1n) is 5.97. The van der Waals surface area contributed by atoms with Crippen molar-refractivity contribution < 1.29 is 4.39 Å². The second kappa shape index (κ2) is 5.27. The second-order valence-corrected chi connectivity index (χ2v) is 5.79. The second-order valence-electron chi connectivity index (χ2n) is 5.35. The summed E-state index contributed by atoms with van der Waals surface area (Å²) >= 11 is 5.85. The molecule has 1 aromatic carbocycles. The summed E-state index contributed by atoms with van der Waals surface area (Å²) in [6.45, 7) is 6.77. The van der Waals surface area contributed by atoms with Gasteiger partial charge in [0.2, 0.25) is 0 Å². The van der Waals surface area contributed by atoms with Crippen LogP contribution in [0.3, 0.4) is 0 Å². The number of aromatic nitrogens is 3. The van der Waals surface area contributed by atoms with Crippen LogP contribution in [-0.2, 0) is 6.54 Å². The summed E-state index contributed by atoms with van der Waals surface area (Å²) in [5.41, 5.74) is 1.03. The van der Waals surface area contributed by atoms with E-state index < -0.39 is 0 Å². The molecule has 0 bridgehead atoms. The van der Waals surface area contributed by atoms with Crippen LogP contribution in [0.25, 0.3) is 5.69 Å². The third kappa shape index (κ3) is 3.75. The molecule has 0 radical (unpaired) electrons. The highest BCUT2D eigenvalue weighted by atomic mass is 35.5. The molecule has 0 fully saturated rings. The van der Waals surface area contributed by atoms with Crippen molar-refractivity contribution in [2.75, 3.05) is 0 Å². The highest BCUT2D eigenvalue weighted by molar-refractivity contribution is 6.30. The molecule has 0 aliphatic carbocycles. The van der Waals surface area contributed by atoms with E-state index in [4.69, 9.17) is 11.6 Å². The fraction of sp³-hybridized carbons (Fsp3) is 0.385. The Bertz CT molecular complexity index is 574. The molecule has 4 nitrogen and oxygen atoms in total. The molecule has 102 valence electrons. The summed E-state index contributed by atoms with van der Waals surface area (Å²) in [5.74, 6) is -0.385. The number of nitrogens with zero attached hydrogens (tertiary/aromatic N) is 3. The number of rotatable bonds is 3. The Balaban J connectivity index is 2.19. The van der Waals surface area contributed by atoms with Crippen LogP contribution in [0.2, 0.25) is 5.02 Å². The van der Waals surface area contributed by atoms with E-state index in [-0.39, 0.29) is 11.4 Å². The van der Waals surface area contributed by atoms with Gasteiger partial charge in [0.05, 0.1) is 11.9 Å². The Kier molecular flexibility index (Phi) is 3.87. The van der Waals surface area contributed by atoms with Gasteiger partial charge in [0.25, 0.3) is 0 Å². The zero-order valence-electron chi connectivity index (χ0n) is 11.1. The third-order valence-corrected chi connectivity index (χ3v) is 2.73. The van der Waals surface area contributed by atoms with Crippen LogP contribution >= 0.6 is 11.6 Å². The molecule has 0 saturated heterocycles. The molecule has 0 amide bonds. The van der Waals surface area contributed by atoms with Crippen LogP contribution < -0.4 is 5.32 Å². The largest absolute Gasteiger partial charge is 0.306 e. The Morgan fingerprint density at radius 1 is 1.37 bits per heavy atom. The van der Waals surface area contributed by atoms with Gasteiger partial charge in [-0.15, -0.1) is 5.10 Å². The summed E-state index contributed by atoms with van der Waals surface area (Å²) in [7, 11) is 0. The molecule has 1 N–H and O–H groups in total. The highest BCUT2D eigenvalue weighted by Crippen LogP contribution is 2.18. The Morgan fingerprint density at radius 3 is 2.79 bits per heavy atom. The topological polar surface area (TPSA) is 42.7 Å². The van der Waals surface area contributed by atoms with Crippen molar-refractivity contribution in [1.82, 2.24) is 20.3 Å². The van der Waals surface area contributed by atoms with Crippen molar-refractivity contribution in [3.8, 4) is 5.69 Å². The van der Waals surface area contributed by atoms with Gasteiger partial charge in [-0.05, 0) is 39.0 Å². The van der Waals surface area contributed by atoms with Crippen molar-refractivity contribution in [2.24, 2.45) is 0 Å². The van der Waals surface area contributed by atoms with E-state index in [2.05, 4.69) is 36.4 Å². The SMILES string of the molecule is CC(C)(C)NCc1cn(-c2cc(Cl)ccc2F)nn1. The summed E-state index contributed by atoms with van der Waals surface area (Å²) in [4.78, 5) is 0. The van der Waals surface area contributed by atoms with E-state index in [9.17, 15) is 4.39 Å². The average molecular weight is 283 g/mol. The molecule has 2 aromatic rings. The van der Waals surface area contributed by atoms with Gasteiger partial charge < -0.3 is 5.32 Å². The van der Waals surface area contributed by atoms with Gasteiger partial charge in [-0.1, -0.05) is 16.8 Å². The summed E-state index contributed by atoms with van der Waals surface area (Å²) < 4.78 is 15.1. The van der Waals surface area contributed by atoms with Gasteiger partial charge in [0, 0.05) is 17.1 Å². The monoisotopic (exact) mass is 282 g/mol. The van der Waals surface area contributed by atoms with E-state index in [0.717, 1.165) is 5.69 Å². The maximum Gasteiger partial charge on any atom is 0.149 e. The zero-order valence-corrected chi connectivity index (χ0v) is 11.9. The van der Waals surface area contributed by atoms with Crippen molar-refractivity contribution in [3.63, 3.8) is 0 Å². The molecule has 6 heteroatoms. The molecule has 0 aliphatic heterocycles. The Hall–Kier alpha value is -1.46. The summed E-state index contributed by atoms with van der Waals surface area (Å²) in [6, 6.07) is 4.33. The van der Waals surface area contributed by atoms with Crippen LogP contribution in [0.5, 0.6) is 0 Å². The lowest BCUT2D eigenvalue weighted by Crippen LogP contribution is -2.35. The predicted octanol–water partition coefficient (Wildman–Crippen LogP) is 2.95. The maximum absolute atomic E-state index is 13.7. The molecule has 2 rings (SSSR count). The van der Waals surface area contributed by atoms with Crippen molar-refractivity contribution in [3.05, 3.63) is 40.9 Å². The molecular weight excluding hydrogens is 267 g/mol. The first-order chi connectivity index (χ1) is 8.85. The smallest absolute Gasteiger partial charge is 0.149 e. The highest BCUT2D eigenvalue weighted by Gasteiger charge is 2.12. The lowest BCUT2D eigenvalue weighted by Gasteiger charge is -2.19. The van der Waals surface area contributed by atoms with Gasteiger partial charge in [-0.2, -0.15) is 0 Å². The van der Waals surface area contributed by atoms with E-state index in [1.54, 1.807) is 6.20 Å². The molecule has 0 unspecified atom stereocenters. The first-order valence-corrected chi connectivity index (χ1v) is 6.35. The predicted molar refractivity (Wildman–Crippen MR) is 72.9 cm³/mol. The van der Waals surface area contributed by atoms with Crippen LogP contribution in [-0.4, -0.2) is 20.5 Å². The summed E-state index contributed by atoms with van der Waals surface area (Å²) in [5, 5.41) is 11.7. The minimum atomic E-state index is -0.385. The standard InChI is InChI=1S/C13H16ClFN4/c1-13(2,3)16-7-10-8-19(18-17-10)12-6-9(14)4-5-11(12)15/h4-6,8,16H,7H2,1-3H3. The minimum absolute atomic E-state index is 0.00884. The molecule has 0 atom stereocenters. The molecule has 0 saturated carbocycles. The number of halogens is 2. The van der Waals surface area contributed by atoms with E-state index in [1.807, 2.05) is 0 Å². The molecule has 1 heterocycles. The zero-order chi connectivity index (χ0) is 14.0. The van der Waals surface area contributed by atoms with Crippen LogP contribution in [0.15, 0.2) is 24.4 Å². The number of hydrogen-bond acceptors (Lipinski definition) is 3. The van der Waals surface area contributed by atoms with Crippen molar-refractivity contribution in [2.45, 2.75) is 32.9 Å². The summed E-state index contributed by atoms with van der Waals surface area (Å²) in [6.07, 6.45) is 1.69. The van der Waals surface area contributed by atoms with Gasteiger partial charge in [-0.3, -0.25) is 0 Å². The molecule has 19 heavy (non-hydrogen) atoms. The number of hydrogen-bond donors (Lipinski definition) is 1. The van der Waals surface area contributed by atoms with Gasteiger partial charge >= 0.3 is 0 Å². The fourth-order valence-corrected chi connectivity index (χ4v) is 1.68. The van der Waals surface area contributed by atoms with Crippen molar-refractivity contribution >= 4 is 11.6 Å². The lowest BCUT2D eigenvalue weighted by atomic mass is 10.1. The van der Waals surface area contributed by atoms with E-state index in [1.165, 1.54) is 22.9 Å². The first kappa shape index (κ1) is 14.0. The van der Waals surface area contributed by atoms with Crippen molar-refractivity contribution in [1.29, 1.82) is 0 Å². The molecule has 0 spiro atoms. The van der Waals surface area contributed by atoms with Gasteiger partial charge in [-0.25, -0.2) is 9.07 Å². The van der Waals surface area contributed by atoms with E-state index >= 15 is 0 Å². The molecule has 0 aliphatic rings. The maximum atomic E-state index is 13.7. The Labute approximate surface area is 116 Å². The molecular formula is C13H16ClFN4. The molecule has 1 aromatic heterocycles.